The molecule has 2 aromatic rings. The van der Waals surface area contributed by atoms with Gasteiger partial charge in [0.1, 0.15) is 0 Å². The van der Waals surface area contributed by atoms with Crippen molar-refractivity contribution in [3.63, 3.8) is 0 Å². The maximum absolute atomic E-state index is 13.7. The Morgan fingerprint density at radius 3 is 2.82 bits per heavy atom. The quantitative estimate of drug-likeness (QED) is 0.922. The van der Waals surface area contributed by atoms with Crippen LogP contribution in [-0.4, -0.2) is 29.6 Å². The average Bonchev–Trinajstić information content (AvgIpc) is 2.51. The van der Waals surface area contributed by atoms with E-state index >= 15 is 0 Å². The van der Waals surface area contributed by atoms with Gasteiger partial charge in [-0.15, -0.1) is 0 Å². The topological polar surface area (TPSA) is 54.5 Å². The molecule has 22 heavy (non-hydrogen) atoms. The van der Waals surface area contributed by atoms with Crippen LogP contribution in [0.15, 0.2) is 42.6 Å². The summed E-state index contributed by atoms with van der Waals surface area (Å²) in [6.07, 6.45) is 1.67. The Morgan fingerprint density at radius 2 is 2.18 bits per heavy atom. The second-order valence-corrected chi connectivity index (χ2v) is 4.69. The number of hydrogen-bond donors (Lipinski definition) is 1. The van der Waals surface area contributed by atoms with Gasteiger partial charge in [0.25, 0.3) is 0 Å². The van der Waals surface area contributed by atoms with Crippen LogP contribution in [-0.2, 0) is 6.54 Å². The van der Waals surface area contributed by atoms with Crippen LogP contribution >= 0.6 is 0 Å². The van der Waals surface area contributed by atoms with Crippen molar-refractivity contribution in [2.24, 2.45) is 0 Å². The normalized spacial score (nSPS) is 10.1. The Labute approximate surface area is 128 Å². The molecule has 116 valence electrons. The third kappa shape index (κ3) is 4.18. The lowest BCUT2D eigenvalue weighted by molar-refractivity contribution is 0.220. The third-order valence-corrected chi connectivity index (χ3v) is 2.96. The molecule has 1 heterocycles. The zero-order valence-electron chi connectivity index (χ0n) is 12.5. The van der Waals surface area contributed by atoms with Crippen molar-refractivity contribution in [1.82, 2.24) is 9.88 Å². The predicted octanol–water partition coefficient (Wildman–Crippen LogP) is 3.28. The first-order valence-corrected chi connectivity index (χ1v) is 6.94. The maximum Gasteiger partial charge on any atom is 0.321 e. The van der Waals surface area contributed by atoms with Crippen molar-refractivity contribution in [2.75, 3.05) is 19.0 Å². The zero-order valence-corrected chi connectivity index (χ0v) is 12.5. The summed E-state index contributed by atoms with van der Waals surface area (Å²) in [5.74, 6) is -0.339. The van der Waals surface area contributed by atoms with Crippen LogP contribution in [0.3, 0.4) is 0 Å². The van der Waals surface area contributed by atoms with Gasteiger partial charge < -0.3 is 15.0 Å². The smallest absolute Gasteiger partial charge is 0.321 e. The van der Waals surface area contributed by atoms with Crippen molar-refractivity contribution in [1.29, 1.82) is 0 Å². The Morgan fingerprint density at radius 1 is 1.36 bits per heavy atom. The molecule has 0 fully saturated rings. The summed E-state index contributed by atoms with van der Waals surface area (Å²) < 4.78 is 18.9. The molecule has 2 rings (SSSR count). The van der Waals surface area contributed by atoms with Gasteiger partial charge >= 0.3 is 6.03 Å². The van der Waals surface area contributed by atoms with E-state index in [1.165, 1.54) is 17.0 Å². The number of rotatable bonds is 5. The number of nitrogens with zero attached hydrogens (tertiary/aromatic N) is 2. The molecule has 1 aromatic carbocycles. The van der Waals surface area contributed by atoms with Crippen LogP contribution in [0, 0.1) is 5.82 Å². The average molecular weight is 303 g/mol. The first kappa shape index (κ1) is 15.8. The molecule has 0 unspecified atom stereocenters. The summed E-state index contributed by atoms with van der Waals surface area (Å²) in [6.45, 7) is 2.53. The molecule has 0 aliphatic rings. The highest BCUT2D eigenvalue weighted by Crippen LogP contribution is 2.21. The molecule has 1 aromatic heterocycles. The van der Waals surface area contributed by atoms with Crippen molar-refractivity contribution in [3.05, 3.63) is 54.1 Å². The lowest BCUT2D eigenvalue weighted by Crippen LogP contribution is -2.31. The van der Waals surface area contributed by atoms with Crippen molar-refractivity contribution in [2.45, 2.75) is 13.5 Å². The highest BCUT2D eigenvalue weighted by Gasteiger charge is 2.11. The second-order valence-electron chi connectivity index (χ2n) is 4.69. The number of pyridine rings is 1. The van der Waals surface area contributed by atoms with Gasteiger partial charge in [-0.25, -0.2) is 9.18 Å². The van der Waals surface area contributed by atoms with Crippen molar-refractivity contribution in [3.8, 4) is 5.75 Å². The van der Waals surface area contributed by atoms with Crippen LogP contribution in [0.1, 0.15) is 12.6 Å². The first-order valence-electron chi connectivity index (χ1n) is 6.94. The molecule has 2 amide bonds. The first-order chi connectivity index (χ1) is 10.6. The molecule has 0 bridgehead atoms. The van der Waals surface area contributed by atoms with Gasteiger partial charge in [0, 0.05) is 25.0 Å². The van der Waals surface area contributed by atoms with E-state index in [2.05, 4.69) is 10.3 Å². The Balaban J connectivity index is 1.97. The lowest BCUT2D eigenvalue weighted by Gasteiger charge is -2.17. The monoisotopic (exact) mass is 303 g/mol. The number of amides is 2. The molecule has 1 N–H and O–H groups in total. The van der Waals surface area contributed by atoms with Gasteiger partial charge in [-0.1, -0.05) is 6.07 Å². The van der Waals surface area contributed by atoms with Crippen LogP contribution in [0.25, 0.3) is 0 Å². The van der Waals surface area contributed by atoms with E-state index in [1.54, 1.807) is 26.2 Å². The highest BCUT2D eigenvalue weighted by molar-refractivity contribution is 5.89. The number of benzene rings is 1. The van der Waals surface area contributed by atoms with Crippen LogP contribution < -0.4 is 10.1 Å². The standard InChI is InChI=1S/C16H18FN3O2/c1-3-22-15-8-7-12(10-14(15)17)19-16(21)20(2)11-13-6-4-5-9-18-13/h4-10H,3,11H2,1-2H3,(H,19,21). The molecule has 6 heteroatoms. The van der Waals surface area contributed by atoms with Gasteiger partial charge in [-0.3, -0.25) is 4.98 Å². The molecule has 0 radical (unpaired) electrons. The number of urea groups is 1. The maximum atomic E-state index is 13.7. The Bertz CT molecular complexity index is 635. The summed E-state index contributed by atoms with van der Waals surface area (Å²) in [6, 6.07) is 9.49. The minimum atomic E-state index is -0.507. The molecular formula is C16H18FN3O2. The van der Waals surface area contributed by atoms with Gasteiger partial charge in [0.2, 0.25) is 0 Å². The molecule has 0 saturated carbocycles. The van der Waals surface area contributed by atoms with E-state index in [1.807, 2.05) is 18.2 Å². The SMILES string of the molecule is CCOc1ccc(NC(=O)N(C)Cc2ccccn2)cc1F. The van der Waals surface area contributed by atoms with E-state index < -0.39 is 5.82 Å². The van der Waals surface area contributed by atoms with E-state index in [9.17, 15) is 9.18 Å². The zero-order chi connectivity index (χ0) is 15.9. The van der Waals surface area contributed by atoms with E-state index in [-0.39, 0.29) is 11.8 Å². The molecule has 0 saturated heterocycles. The summed E-state index contributed by atoms with van der Waals surface area (Å²) in [7, 11) is 1.65. The summed E-state index contributed by atoms with van der Waals surface area (Å²) in [5.41, 5.74) is 1.15. The number of ether oxygens (including phenoxy) is 1. The van der Waals surface area contributed by atoms with E-state index in [0.29, 0.717) is 18.8 Å². The molecule has 0 atom stereocenters. The summed E-state index contributed by atoms with van der Waals surface area (Å²) >= 11 is 0. The number of halogens is 1. The van der Waals surface area contributed by atoms with Crippen LogP contribution in [0.4, 0.5) is 14.9 Å². The Kier molecular flexibility index (Phi) is 5.30. The van der Waals surface area contributed by atoms with E-state index in [0.717, 1.165) is 5.69 Å². The number of nitrogens with one attached hydrogen (secondary N) is 1. The van der Waals surface area contributed by atoms with E-state index in [4.69, 9.17) is 4.74 Å². The molecule has 0 spiro atoms. The molecule has 5 nitrogen and oxygen atoms in total. The number of anilines is 1. The van der Waals surface area contributed by atoms with Gasteiger partial charge in [0.15, 0.2) is 11.6 Å². The highest BCUT2D eigenvalue weighted by atomic mass is 19.1. The third-order valence-electron chi connectivity index (χ3n) is 2.96. The van der Waals surface area contributed by atoms with Crippen molar-refractivity contribution < 1.29 is 13.9 Å². The number of carbonyl (C=O) groups is 1. The fourth-order valence-electron chi connectivity index (χ4n) is 1.88. The molecule has 0 aliphatic heterocycles. The van der Waals surface area contributed by atoms with Crippen LogP contribution in [0.2, 0.25) is 0 Å². The minimum absolute atomic E-state index is 0.169. The number of hydrogen-bond acceptors (Lipinski definition) is 3. The van der Waals surface area contributed by atoms with Crippen molar-refractivity contribution >= 4 is 11.7 Å². The summed E-state index contributed by atoms with van der Waals surface area (Å²) in [5, 5.41) is 2.64. The molecule has 0 aliphatic carbocycles. The fourth-order valence-corrected chi connectivity index (χ4v) is 1.88. The second kappa shape index (κ2) is 7.40. The number of aromatic nitrogens is 1. The number of carbonyl (C=O) groups excluding carboxylic acids is 1. The minimum Gasteiger partial charge on any atom is -0.491 e. The lowest BCUT2D eigenvalue weighted by atomic mass is 10.3. The van der Waals surface area contributed by atoms with Gasteiger partial charge in [-0.2, -0.15) is 0 Å². The largest absolute Gasteiger partial charge is 0.491 e. The van der Waals surface area contributed by atoms with Crippen LogP contribution in [0.5, 0.6) is 5.75 Å². The summed E-state index contributed by atoms with van der Waals surface area (Å²) in [4.78, 5) is 17.7. The Hall–Kier alpha value is -2.63. The molecular weight excluding hydrogens is 285 g/mol. The predicted molar refractivity (Wildman–Crippen MR) is 82.3 cm³/mol. The van der Waals surface area contributed by atoms with Gasteiger partial charge in [-0.05, 0) is 31.2 Å². The fraction of sp³-hybridized carbons (Fsp3) is 0.250. The van der Waals surface area contributed by atoms with Gasteiger partial charge in [0.05, 0.1) is 18.8 Å².